The number of nitrogens with zero attached hydrogens (tertiary/aromatic N) is 1. The number of hydrogen-bond donors (Lipinski definition) is 2. The van der Waals surface area contributed by atoms with Gasteiger partial charge in [-0.1, -0.05) is 18.2 Å². The van der Waals surface area contributed by atoms with Gasteiger partial charge in [-0.2, -0.15) is 0 Å². The van der Waals surface area contributed by atoms with Crippen molar-refractivity contribution in [1.82, 2.24) is 10.2 Å². The minimum atomic E-state index is -0.274. The van der Waals surface area contributed by atoms with Gasteiger partial charge in [0.15, 0.2) is 11.5 Å². The number of benzene rings is 2. The summed E-state index contributed by atoms with van der Waals surface area (Å²) in [6.45, 7) is 2.10. The summed E-state index contributed by atoms with van der Waals surface area (Å²) in [5, 5.41) is 6.47. The second kappa shape index (κ2) is 8.47. The molecule has 1 amide bonds. The standard InChI is InChI=1S/C24H25N3O4/c1-15-7-6-10-27-14-19(26-23(15)27)16-8-5-9-18(11-16)25-24(28)17-12-20(29-2)22(31-4)21(13-17)30-3/h5-14,23,26H,1-4H3,(H,25,28). The fraction of sp³-hybridized carbons (Fsp3) is 0.208. The zero-order chi connectivity index (χ0) is 22.0. The Morgan fingerprint density at radius 3 is 2.45 bits per heavy atom. The van der Waals surface area contributed by atoms with Crippen LogP contribution < -0.4 is 24.8 Å². The van der Waals surface area contributed by atoms with Gasteiger partial charge in [0.2, 0.25) is 5.75 Å². The Balaban J connectivity index is 1.56. The number of anilines is 1. The number of carbonyl (C=O) groups is 1. The highest BCUT2D eigenvalue weighted by atomic mass is 16.5. The maximum Gasteiger partial charge on any atom is 0.255 e. The Morgan fingerprint density at radius 1 is 1.06 bits per heavy atom. The van der Waals surface area contributed by atoms with Crippen molar-refractivity contribution in [3.05, 3.63) is 77.7 Å². The third kappa shape index (κ3) is 3.94. The fourth-order valence-corrected chi connectivity index (χ4v) is 3.68. The topological polar surface area (TPSA) is 72.1 Å². The van der Waals surface area contributed by atoms with Gasteiger partial charge in [0.25, 0.3) is 5.91 Å². The monoisotopic (exact) mass is 419 g/mol. The van der Waals surface area contributed by atoms with E-state index in [1.165, 1.54) is 26.9 Å². The van der Waals surface area contributed by atoms with Crippen molar-refractivity contribution in [1.29, 1.82) is 0 Å². The molecule has 160 valence electrons. The molecule has 0 saturated carbocycles. The van der Waals surface area contributed by atoms with Gasteiger partial charge >= 0.3 is 0 Å². The van der Waals surface area contributed by atoms with Gasteiger partial charge in [-0.3, -0.25) is 4.79 Å². The first-order valence-electron chi connectivity index (χ1n) is 9.86. The molecule has 2 N–H and O–H groups in total. The van der Waals surface area contributed by atoms with E-state index in [-0.39, 0.29) is 12.1 Å². The zero-order valence-electron chi connectivity index (χ0n) is 17.9. The van der Waals surface area contributed by atoms with E-state index in [4.69, 9.17) is 14.2 Å². The molecule has 0 radical (unpaired) electrons. The van der Waals surface area contributed by atoms with Gasteiger partial charge < -0.3 is 29.7 Å². The van der Waals surface area contributed by atoms with E-state index >= 15 is 0 Å². The molecule has 1 atom stereocenters. The molecule has 2 aromatic rings. The third-order valence-corrected chi connectivity index (χ3v) is 5.28. The van der Waals surface area contributed by atoms with Crippen LogP contribution >= 0.6 is 0 Å². The smallest absolute Gasteiger partial charge is 0.255 e. The number of rotatable bonds is 6. The number of fused-ring (bicyclic) bond motifs is 1. The number of carbonyl (C=O) groups excluding carboxylic acids is 1. The molecule has 0 bridgehead atoms. The first kappa shape index (κ1) is 20.4. The highest BCUT2D eigenvalue weighted by Crippen LogP contribution is 2.38. The summed E-state index contributed by atoms with van der Waals surface area (Å²) in [6, 6.07) is 11.0. The van der Waals surface area contributed by atoms with Crippen molar-refractivity contribution in [2.24, 2.45) is 0 Å². The van der Waals surface area contributed by atoms with E-state index < -0.39 is 0 Å². The van der Waals surface area contributed by atoms with Crippen molar-refractivity contribution >= 4 is 17.3 Å². The van der Waals surface area contributed by atoms with Gasteiger partial charge in [-0.05, 0) is 42.8 Å². The number of nitrogens with one attached hydrogen (secondary N) is 2. The largest absolute Gasteiger partial charge is 0.493 e. The van der Waals surface area contributed by atoms with Crippen molar-refractivity contribution in [2.75, 3.05) is 26.6 Å². The number of ether oxygens (including phenoxy) is 3. The van der Waals surface area contributed by atoms with E-state index in [0.717, 1.165) is 11.3 Å². The average Bonchev–Trinajstić information content (AvgIpc) is 3.24. The van der Waals surface area contributed by atoms with Crippen molar-refractivity contribution in [2.45, 2.75) is 13.1 Å². The Kier molecular flexibility index (Phi) is 5.58. The van der Waals surface area contributed by atoms with Crippen LogP contribution in [0.3, 0.4) is 0 Å². The Hall–Kier alpha value is -3.87. The minimum absolute atomic E-state index is 0.123. The van der Waals surface area contributed by atoms with E-state index in [1.54, 1.807) is 12.1 Å². The van der Waals surface area contributed by atoms with Crippen LogP contribution in [0.25, 0.3) is 5.70 Å². The lowest BCUT2D eigenvalue weighted by Crippen LogP contribution is -2.35. The van der Waals surface area contributed by atoms with Gasteiger partial charge in [-0.15, -0.1) is 0 Å². The predicted octanol–water partition coefficient (Wildman–Crippen LogP) is 3.97. The number of allylic oxidation sites excluding steroid dienone is 2. The number of methoxy groups -OCH3 is 3. The highest BCUT2D eigenvalue weighted by Gasteiger charge is 2.25. The van der Waals surface area contributed by atoms with Crippen molar-refractivity contribution < 1.29 is 19.0 Å². The molecule has 2 aliphatic heterocycles. The van der Waals surface area contributed by atoms with Crippen molar-refractivity contribution in [3.8, 4) is 17.2 Å². The van der Waals surface area contributed by atoms with Gasteiger partial charge in [-0.25, -0.2) is 0 Å². The molecule has 4 rings (SSSR count). The Morgan fingerprint density at radius 2 is 1.81 bits per heavy atom. The van der Waals surface area contributed by atoms with Crippen LogP contribution in [0.1, 0.15) is 22.8 Å². The molecular weight excluding hydrogens is 394 g/mol. The zero-order valence-corrected chi connectivity index (χ0v) is 17.9. The summed E-state index contributed by atoms with van der Waals surface area (Å²) >= 11 is 0. The summed E-state index contributed by atoms with van der Waals surface area (Å²) in [7, 11) is 4.56. The second-order valence-electron chi connectivity index (χ2n) is 7.24. The Labute approximate surface area is 181 Å². The van der Waals surface area contributed by atoms with Crippen LogP contribution in [-0.2, 0) is 0 Å². The van der Waals surface area contributed by atoms with Gasteiger partial charge in [0.1, 0.15) is 6.17 Å². The van der Waals surface area contributed by atoms with Crippen LogP contribution in [0, 0.1) is 0 Å². The molecule has 0 spiro atoms. The molecule has 0 saturated heterocycles. The molecule has 1 unspecified atom stereocenters. The second-order valence-corrected chi connectivity index (χ2v) is 7.24. The first-order valence-corrected chi connectivity index (χ1v) is 9.86. The minimum Gasteiger partial charge on any atom is -0.493 e. The maximum absolute atomic E-state index is 12.9. The van der Waals surface area contributed by atoms with E-state index in [0.29, 0.717) is 28.5 Å². The van der Waals surface area contributed by atoms with Crippen LogP contribution in [-0.4, -0.2) is 38.3 Å². The SMILES string of the molecule is COc1cc(C(=O)Nc2cccc(C3=CN4C=CC=C(C)C4N3)c2)cc(OC)c1OC. The van der Waals surface area contributed by atoms with Crippen LogP contribution in [0.5, 0.6) is 17.2 Å². The quantitative estimate of drug-likeness (QED) is 0.738. The molecule has 2 aromatic carbocycles. The molecule has 2 heterocycles. The highest BCUT2D eigenvalue weighted by molar-refractivity contribution is 6.05. The van der Waals surface area contributed by atoms with E-state index in [2.05, 4.69) is 34.7 Å². The van der Waals surface area contributed by atoms with Crippen LogP contribution in [0.2, 0.25) is 0 Å². The summed E-state index contributed by atoms with van der Waals surface area (Å²) in [5.41, 5.74) is 4.31. The normalized spacial score (nSPS) is 16.6. The summed E-state index contributed by atoms with van der Waals surface area (Å²) in [5.74, 6) is 1.02. The number of amides is 1. The number of hydrogen-bond acceptors (Lipinski definition) is 6. The lowest BCUT2D eigenvalue weighted by atomic mass is 10.1. The summed E-state index contributed by atoms with van der Waals surface area (Å²) < 4.78 is 16.0. The van der Waals surface area contributed by atoms with Crippen LogP contribution in [0.4, 0.5) is 5.69 Å². The Bertz CT molecular complexity index is 1080. The summed E-state index contributed by atoms with van der Waals surface area (Å²) in [4.78, 5) is 15.0. The lowest BCUT2D eigenvalue weighted by molar-refractivity contribution is 0.102. The first-order chi connectivity index (χ1) is 15.0. The third-order valence-electron chi connectivity index (χ3n) is 5.28. The predicted molar refractivity (Wildman–Crippen MR) is 120 cm³/mol. The molecule has 7 heteroatoms. The van der Waals surface area contributed by atoms with Crippen LogP contribution in [0.15, 0.2) is 66.5 Å². The summed E-state index contributed by atoms with van der Waals surface area (Å²) in [6.07, 6.45) is 8.35. The molecule has 0 fully saturated rings. The lowest BCUT2D eigenvalue weighted by Gasteiger charge is -2.25. The fourth-order valence-electron chi connectivity index (χ4n) is 3.68. The molecular formula is C24H25N3O4. The molecule has 0 aliphatic carbocycles. The molecule has 0 aromatic heterocycles. The van der Waals surface area contributed by atoms with E-state index in [1.807, 2.05) is 36.5 Å². The van der Waals surface area contributed by atoms with E-state index in [9.17, 15) is 4.79 Å². The molecule has 7 nitrogen and oxygen atoms in total. The maximum atomic E-state index is 12.9. The molecule has 31 heavy (non-hydrogen) atoms. The van der Waals surface area contributed by atoms with Gasteiger partial charge in [0, 0.05) is 29.2 Å². The van der Waals surface area contributed by atoms with Gasteiger partial charge in [0.05, 0.1) is 27.0 Å². The molecule has 2 aliphatic rings. The van der Waals surface area contributed by atoms with Crippen molar-refractivity contribution in [3.63, 3.8) is 0 Å². The average molecular weight is 419 g/mol.